The van der Waals surface area contributed by atoms with Crippen LogP contribution >= 0.6 is 0 Å². The van der Waals surface area contributed by atoms with E-state index < -0.39 is 0 Å². The molecule has 4 heteroatoms. The van der Waals surface area contributed by atoms with Gasteiger partial charge < -0.3 is 0 Å². The zero-order valence-corrected chi connectivity index (χ0v) is 7.36. The summed E-state index contributed by atoms with van der Waals surface area (Å²) in [6.07, 6.45) is 0. The zero-order chi connectivity index (χ0) is 0. The zero-order valence-electron chi connectivity index (χ0n) is 1.21. The second kappa shape index (κ2) is 16.7. The van der Waals surface area contributed by atoms with Gasteiger partial charge in [0, 0.05) is 74.8 Å². The van der Waals surface area contributed by atoms with E-state index in [2.05, 4.69) is 0 Å². The molecule has 4 heavy (non-hydrogen) atoms. The van der Waals surface area contributed by atoms with Gasteiger partial charge in [-0.3, -0.25) is 0 Å². The minimum Gasteiger partial charge on any atom is 0 e. The third-order valence-electron chi connectivity index (χ3n) is 0. The predicted octanol–water partition coefficient (Wildman–Crippen LogP) is -1.19. The van der Waals surface area contributed by atoms with Crippen molar-refractivity contribution in [1.82, 2.24) is 0 Å². The van der Waals surface area contributed by atoms with Crippen LogP contribution in [0.15, 0.2) is 0 Å². The molecule has 0 N–H and O–H groups in total. The van der Waals surface area contributed by atoms with Crippen molar-refractivity contribution in [2.45, 2.75) is 0 Å². The summed E-state index contributed by atoms with van der Waals surface area (Å²) in [5.74, 6) is 0. The van der Waals surface area contributed by atoms with Crippen molar-refractivity contribution < 1.29 is 74.8 Å². The molecule has 0 atom stereocenters. The Morgan fingerprint density at radius 3 is 1.00 bits per heavy atom. The van der Waals surface area contributed by atoms with Crippen LogP contribution in [0.25, 0.3) is 0 Å². The quantitative estimate of drug-likeness (QED) is 0.489. The van der Waals surface area contributed by atoms with Crippen LogP contribution in [-0.4, -0.2) is 17.4 Å². The van der Waals surface area contributed by atoms with Crippen LogP contribution in [0.5, 0.6) is 0 Å². The van der Waals surface area contributed by atoms with Crippen LogP contribution in [0.4, 0.5) is 0 Å². The summed E-state index contributed by atoms with van der Waals surface area (Å²) in [7, 11) is 0. The first-order chi connectivity index (χ1) is 0. The monoisotopic (exact) mass is 335 g/mol. The van der Waals surface area contributed by atoms with E-state index in [0.29, 0.717) is 0 Å². The molecule has 0 bridgehead atoms. The van der Waals surface area contributed by atoms with Crippen LogP contribution in [-0.2, 0) is 39.2 Å². The van der Waals surface area contributed by atoms with Crippen molar-refractivity contribution in [2.24, 2.45) is 0 Å². The molecule has 0 saturated carbocycles. The molecule has 0 heterocycles. The van der Waals surface area contributed by atoms with Gasteiger partial charge in [-0.05, 0) is 0 Å². The van der Waals surface area contributed by atoms with E-state index >= 15 is 0 Å². The SMILES string of the molecule is [Ag].[AlH3].[Co].[La]. The van der Waals surface area contributed by atoms with Gasteiger partial charge in [0.25, 0.3) is 0 Å². The Labute approximate surface area is 90.3 Å². The van der Waals surface area contributed by atoms with Crippen LogP contribution in [0.1, 0.15) is 0 Å². The number of rotatable bonds is 0. The summed E-state index contributed by atoms with van der Waals surface area (Å²) in [5, 5.41) is 0. The first-order valence-corrected chi connectivity index (χ1v) is 0. The van der Waals surface area contributed by atoms with Crippen molar-refractivity contribution in [1.29, 1.82) is 0 Å². The average molecular weight is 336 g/mol. The second-order valence-corrected chi connectivity index (χ2v) is 0. The van der Waals surface area contributed by atoms with Gasteiger partial charge >= 0.3 is 0 Å². The molecule has 0 aromatic rings. The van der Waals surface area contributed by atoms with Gasteiger partial charge in [0.15, 0.2) is 17.4 Å². The van der Waals surface area contributed by atoms with Crippen molar-refractivity contribution in [3.63, 3.8) is 0 Å². The first-order valence-electron chi connectivity index (χ1n) is 0. The average Bonchev–Trinajstić information content (AvgIpc) is 0. The molecule has 0 fully saturated rings. The topological polar surface area (TPSA) is 0 Å². The molecule has 0 spiro atoms. The number of hydrogen-bond donors (Lipinski definition) is 0. The third kappa shape index (κ3) is 8.88. The van der Waals surface area contributed by atoms with E-state index in [1.807, 2.05) is 0 Å². The molecule has 0 amide bonds. The maximum absolute atomic E-state index is 0. The van der Waals surface area contributed by atoms with Gasteiger partial charge in [-0.25, -0.2) is 0 Å². The maximum atomic E-state index is 0. The van der Waals surface area contributed by atoms with Crippen molar-refractivity contribution in [2.75, 3.05) is 0 Å². The van der Waals surface area contributed by atoms with E-state index in [1.165, 1.54) is 0 Å². The molecule has 0 aliphatic rings. The van der Waals surface area contributed by atoms with E-state index in [1.54, 1.807) is 0 Å². The molecular weight excluding hydrogens is 333 g/mol. The predicted molar refractivity (Wildman–Crippen MR) is 9.94 cm³/mol. The van der Waals surface area contributed by atoms with E-state index in [4.69, 9.17) is 0 Å². The molecule has 0 unspecified atom stereocenters. The van der Waals surface area contributed by atoms with Crippen molar-refractivity contribution in [3.8, 4) is 0 Å². The van der Waals surface area contributed by atoms with Crippen molar-refractivity contribution in [3.05, 3.63) is 0 Å². The van der Waals surface area contributed by atoms with Gasteiger partial charge in [0.1, 0.15) is 0 Å². The molecular formula is H3AgAlCoLa. The largest absolute Gasteiger partial charge is 0.187 e. The molecule has 0 aromatic heterocycles. The number of hydrogen-bond acceptors (Lipinski definition) is 0. The molecule has 29 valence electrons. The van der Waals surface area contributed by atoms with Gasteiger partial charge in [0.2, 0.25) is 0 Å². The summed E-state index contributed by atoms with van der Waals surface area (Å²) < 4.78 is 0. The van der Waals surface area contributed by atoms with E-state index in [-0.39, 0.29) is 92.1 Å². The second-order valence-electron chi connectivity index (χ2n) is 0. The van der Waals surface area contributed by atoms with Crippen LogP contribution < -0.4 is 0 Å². The molecule has 0 aromatic carbocycles. The fraction of sp³-hybridized carbons (Fsp3) is 0. The Hall–Kier alpha value is 2.97. The molecule has 0 nitrogen and oxygen atoms in total. The van der Waals surface area contributed by atoms with E-state index in [9.17, 15) is 0 Å². The Balaban J connectivity index is 0. The first kappa shape index (κ1) is 28.1. The molecule has 0 rings (SSSR count). The fourth-order valence-corrected chi connectivity index (χ4v) is 0. The summed E-state index contributed by atoms with van der Waals surface area (Å²) in [6.45, 7) is 0. The minimum atomic E-state index is 0. The van der Waals surface area contributed by atoms with Gasteiger partial charge in [-0.2, -0.15) is 0 Å². The molecule has 0 aliphatic heterocycles. The fourth-order valence-electron chi connectivity index (χ4n) is 0. The van der Waals surface area contributed by atoms with Gasteiger partial charge in [-0.15, -0.1) is 0 Å². The van der Waals surface area contributed by atoms with Gasteiger partial charge in [0.05, 0.1) is 0 Å². The van der Waals surface area contributed by atoms with Crippen LogP contribution in [0.2, 0.25) is 0 Å². The molecule has 0 aliphatic carbocycles. The minimum absolute atomic E-state index is 0. The summed E-state index contributed by atoms with van der Waals surface area (Å²) in [4.78, 5) is 0. The summed E-state index contributed by atoms with van der Waals surface area (Å²) in [5.41, 5.74) is 0. The third-order valence-corrected chi connectivity index (χ3v) is 0. The van der Waals surface area contributed by atoms with Crippen molar-refractivity contribution >= 4 is 17.4 Å². The normalized spacial score (nSPS) is 0. The molecule has 0 saturated heterocycles. The Bertz CT molecular complexity index is 8.00. The standard InChI is InChI=1S/Ag.Al.Co.La.3H. The summed E-state index contributed by atoms with van der Waals surface area (Å²) >= 11 is 0. The smallest absolute Gasteiger partial charge is 0 e. The molecule has 3 radical (unpaired) electrons. The Morgan fingerprint density at radius 1 is 1.00 bits per heavy atom. The van der Waals surface area contributed by atoms with Crippen LogP contribution in [0.3, 0.4) is 0 Å². The van der Waals surface area contributed by atoms with E-state index in [0.717, 1.165) is 0 Å². The van der Waals surface area contributed by atoms with Gasteiger partial charge in [-0.1, -0.05) is 0 Å². The summed E-state index contributed by atoms with van der Waals surface area (Å²) in [6, 6.07) is 0. The Kier molecular flexibility index (Phi) is 118. The maximum Gasteiger partial charge on any atom is 0.187 e. The Morgan fingerprint density at radius 2 is 1.00 bits per heavy atom. The van der Waals surface area contributed by atoms with Crippen LogP contribution in [0, 0.1) is 35.6 Å².